The van der Waals surface area contributed by atoms with Crippen LogP contribution in [-0.2, 0) is 0 Å². The number of likely N-dealkylation sites (N-methyl/N-ethyl adjacent to an activating group) is 1. The van der Waals surface area contributed by atoms with Gasteiger partial charge in [-0.25, -0.2) is 4.39 Å². The van der Waals surface area contributed by atoms with Gasteiger partial charge in [0.1, 0.15) is 5.84 Å². The first-order chi connectivity index (χ1) is 9.24. The second kappa shape index (κ2) is 5.33. The maximum Gasteiger partial charge on any atom is 0.161 e. The summed E-state index contributed by atoms with van der Waals surface area (Å²) in [6.07, 6.45) is 0. The molecule has 1 aromatic rings. The van der Waals surface area contributed by atoms with Crippen LogP contribution in [0, 0.1) is 11.2 Å². The lowest BCUT2D eigenvalue weighted by molar-refractivity contribution is 0.138. The number of hydrogen-bond donors (Lipinski definition) is 2. The second-order valence-electron chi connectivity index (χ2n) is 5.83. The Labute approximate surface area is 127 Å². The molecule has 1 aliphatic heterocycles. The van der Waals surface area contributed by atoms with E-state index in [0.717, 1.165) is 19.6 Å². The molecule has 1 heterocycles. The number of rotatable bonds is 2. The predicted octanol–water partition coefficient (Wildman–Crippen LogP) is 2.40. The third kappa shape index (κ3) is 2.67. The van der Waals surface area contributed by atoms with Gasteiger partial charge in [0.05, 0.1) is 10.2 Å². The van der Waals surface area contributed by atoms with E-state index in [1.807, 2.05) is 4.90 Å². The summed E-state index contributed by atoms with van der Waals surface area (Å²) in [6, 6.07) is 3.40. The highest BCUT2D eigenvalue weighted by molar-refractivity contribution is 9.10. The third-order valence-electron chi connectivity index (χ3n) is 4.01. The van der Waals surface area contributed by atoms with Crippen molar-refractivity contribution in [2.24, 2.45) is 5.73 Å². The molecule has 1 aliphatic rings. The number of nitrogens with one attached hydrogen (secondary N) is 1. The van der Waals surface area contributed by atoms with Gasteiger partial charge in [-0.05, 0) is 49.0 Å². The molecule has 4 nitrogen and oxygen atoms in total. The van der Waals surface area contributed by atoms with Crippen molar-refractivity contribution in [1.29, 1.82) is 5.41 Å². The molecule has 0 spiro atoms. The van der Waals surface area contributed by atoms with Gasteiger partial charge in [0.25, 0.3) is 0 Å². The van der Waals surface area contributed by atoms with E-state index >= 15 is 0 Å². The molecule has 0 aromatic heterocycles. The highest BCUT2D eigenvalue weighted by Gasteiger charge is 2.32. The van der Waals surface area contributed by atoms with E-state index in [9.17, 15) is 4.39 Å². The van der Waals surface area contributed by atoms with E-state index in [-0.39, 0.29) is 21.7 Å². The Morgan fingerprint density at radius 2 is 2.05 bits per heavy atom. The fraction of sp³-hybridized carbons (Fsp3) is 0.500. The van der Waals surface area contributed by atoms with Crippen molar-refractivity contribution in [1.82, 2.24) is 4.90 Å². The average molecular weight is 343 g/mol. The van der Waals surface area contributed by atoms with E-state index in [2.05, 4.69) is 41.7 Å². The summed E-state index contributed by atoms with van der Waals surface area (Å²) in [4.78, 5) is 4.32. The number of nitrogens with zero attached hydrogens (tertiary/aromatic N) is 2. The maximum atomic E-state index is 14.5. The number of piperazine rings is 1. The number of halogens is 2. The van der Waals surface area contributed by atoms with Crippen LogP contribution in [0.4, 0.5) is 10.1 Å². The average Bonchev–Trinajstić information content (AvgIpc) is 2.35. The number of hydrogen-bond acceptors (Lipinski definition) is 3. The second-order valence-corrected chi connectivity index (χ2v) is 6.62. The van der Waals surface area contributed by atoms with Crippen LogP contribution in [0.5, 0.6) is 0 Å². The Bertz CT molecular complexity index is 544. The van der Waals surface area contributed by atoms with Crippen molar-refractivity contribution < 1.29 is 4.39 Å². The van der Waals surface area contributed by atoms with Crippen molar-refractivity contribution in [2.45, 2.75) is 19.4 Å². The fourth-order valence-corrected chi connectivity index (χ4v) is 2.99. The van der Waals surface area contributed by atoms with E-state index in [1.165, 1.54) is 0 Å². The summed E-state index contributed by atoms with van der Waals surface area (Å²) >= 11 is 3.21. The van der Waals surface area contributed by atoms with Gasteiger partial charge in [-0.3, -0.25) is 10.3 Å². The van der Waals surface area contributed by atoms with Crippen molar-refractivity contribution in [3.8, 4) is 0 Å². The summed E-state index contributed by atoms with van der Waals surface area (Å²) in [5.74, 6) is -0.487. The summed E-state index contributed by atoms with van der Waals surface area (Å²) in [5.41, 5.74) is 6.38. The normalized spacial score (nSPS) is 19.1. The van der Waals surface area contributed by atoms with Crippen LogP contribution >= 0.6 is 15.9 Å². The number of amidine groups is 1. The Kier molecular flexibility index (Phi) is 4.07. The molecule has 110 valence electrons. The third-order valence-corrected chi connectivity index (χ3v) is 4.78. The van der Waals surface area contributed by atoms with Crippen LogP contribution < -0.4 is 10.6 Å². The van der Waals surface area contributed by atoms with Crippen LogP contribution in [-0.4, -0.2) is 43.0 Å². The molecule has 1 saturated heterocycles. The molecule has 0 radical (unpaired) electrons. The minimum atomic E-state index is -0.349. The van der Waals surface area contributed by atoms with Gasteiger partial charge >= 0.3 is 0 Å². The minimum Gasteiger partial charge on any atom is -0.384 e. The number of anilines is 1. The molecule has 2 rings (SSSR count). The smallest absolute Gasteiger partial charge is 0.161 e. The first-order valence-electron chi connectivity index (χ1n) is 6.52. The minimum absolute atomic E-state index is 0.00356. The standard InChI is InChI=1S/C14H20BrFN4/c1-14(2)8-20(7-6-19(14)3)10-5-4-9(13(17)18)11(15)12(10)16/h4-5H,6-8H2,1-3H3,(H3,17,18). The highest BCUT2D eigenvalue weighted by Crippen LogP contribution is 2.32. The highest BCUT2D eigenvalue weighted by atomic mass is 79.9. The largest absolute Gasteiger partial charge is 0.384 e. The van der Waals surface area contributed by atoms with Gasteiger partial charge < -0.3 is 10.6 Å². The molecule has 6 heteroatoms. The fourth-order valence-electron chi connectivity index (χ4n) is 2.44. The molecular formula is C14H20BrFN4. The van der Waals surface area contributed by atoms with Crippen molar-refractivity contribution in [3.63, 3.8) is 0 Å². The molecule has 20 heavy (non-hydrogen) atoms. The summed E-state index contributed by atoms with van der Waals surface area (Å²) in [7, 11) is 2.09. The molecule has 1 fully saturated rings. The molecule has 3 N–H and O–H groups in total. The quantitative estimate of drug-likeness (QED) is 0.641. The van der Waals surface area contributed by atoms with Crippen LogP contribution in [0.25, 0.3) is 0 Å². The molecule has 0 unspecified atom stereocenters. The number of nitrogen functional groups attached to an aromatic ring is 1. The van der Waals surface area contributed by atoms with Crippen LogP contribution in [0.15, 0.2) is 16.6 Å². The lowest BCUT2D eigenvalue weighted by atomic mass is 9.99. The van der Waals surface area contributed by atoms with Crippen LogP contribution in [0.1, 0.15) is 19.4 Å². The first-order valence-corrected chi connectivity index (χ1v) is 7.32. The van der Waals surface area contributed by atoms with Gasteiger partial charge in [0, 0.05) is 30.7 Å². The molecule has 0 amide bonds. The van der Waals surface area contributed by atoms with Crippen molar-refractivity contribution in [3.05, 3.63) is 28.0 Å². The summed E-state index contributed by atoms with van der Waals surface area (Å²) < 4.78 is 14.8. The Morgan fingerprint density at radius 3 is 2.60 bits per heavy atom. The molecule has 0 bridgehead atoms. The van der Waals surface area contributed by atoms with Crippen LogP contribution in [0.3, 0.4) is 0 Å². The van der Waals surface area contributed by atoms with Gasteiger partial charge in [-0.15, -0.1) is 0 Å². The Morgan fingerprint density at radius 1 is 1.40 bits per heavy atom. The van der Waals surface area contributed by atoms with Crippen molar-refractivity contribution >= 4 is 27.5 Å². The Balaban J connectivity index is 2.35. The lowest BCUT2D eigenvalue weighted by Crippen LogP contribution is -2.57. The first kappa shape index (κ1) is 15.3. The Hall–Kier alpha value is -1.14. The van der Waals surface area contributed by atoms with Gasteiger partial charge in [0.2, 0.25) is 0 Å². The monoisotopic (exact) mass is 342 g/mol. The molecular weight excluding hydrogens is 323 g/mol. The molecule has 1 aromatic carbocycles. The molecule has 0 atom stereocenters. The van der Waals surface area contributed by atoms with Gasteiger partial charge in [-0.2, -0.15) is 0 Å². The zero-order chi connectivity index (χ0) is 15.1. The summed E-state index contributed by atoms with van der Waals surface area (Å²) in [5, 5.41) is 7.44. The van der Waals surface area contributed by atoms with E-state index in [0.29, 0.717) is 11.3 Å². The number of nitrogens with two attached hydrogens (primary N) is 1. The number of benzene rings is 1. The van der Waals surface area contributed by atoms with E-state index < -0.39 is 0 Å². The van der Waals surface area contributed by atoms with Crippen molar-refractivity contribution in [2.75, 3.05) is 31.6 Å². The van der Waals surface area contributed by atoms with E-state index in [1.54, 1.807) is 12.1 Å². The zero-order valence-electron chi connectivity index (χ0n) is 12.0. The summed E-state index contributed by atoms with van der Waals surface area (Å²) in [6.45, 7) is 6.72. The van der Waals surface area contributed by atoms with E-state index in [4.69, 9.17) is 11.1 Å². The maximum absolute atomic E-state index is 14.5. The van der Waals surface area contributed by atoms with Gasteiger partial charge in [-0.1, -0.05) is 0 Å². The van der Waals surface area contributed by atoms with Gasteiger partial charge in [0.15, 0.2) is 5.82 Å². The topological polar surface area (TPSA) is 56.4 Å². The zero-order valence-corrected chi connectivity index (χ0v) is 13.6. The molecule has 0 saturated carbocycles. The van der Waals surface area contributed by atoms with Crippen LogP contribution in [0.2, 0.25) is 0 Å². The predicted molar refractivity (Wildman–Crippen MR) is 84.0 cm³/mol. The SMILES string of the molecule is CN1CCN(c2ccc(C(=N)N)c(Br)c2F)CC1(C)C. The molecule has 0 aliphatic carbocycles. The lowest BCUT2D eigenvalue weighted by Gasteiger charge is -2.46.